The van der Waals surface area contributed by atoms with Gasteiger partial charge in [-0.1, -0.05) is 25.1 Å². The van der Waals surface area contributed by atoms with Crippen molar-refractivity contribution in [3.8, 4) is 6.07 Å². The SMILES string of the molecule is CC1CN(C(=O)c2cccc(C#N)c2)c2ccccc2S1. The van der Waals surface area contributed by atoms with Crippen LogP contribution >= 0.6 is 11.8 Å². The Kier molecular flexibility index (Phi) is 3.68. The van der Waals surface area contributed by atoms with Crippen LogP contribution in [0.3, 0.4) is 0 Å². The molecule has 1 aliphatic rings. The molecule has 1 heterocycles. The average molecular weight is 294 g/mol. The van der Waals surface area contributed by atoms with Gasteiger partial charge in [0.1, 0.15) is 0 Å². The second kappa shape index (κ2) is 5.63. The van der Waals surface area contributed by atoms with Crippen molar-refractivity contribution in [1.82, 2.24) is 0 Å². The molecule has 3 rings (SSSR count). The van der Waals surface area contributed by atoms with Gasteiger partial charge in [-0.25, -0.2) is 0 Å². The van der Waals surface area contributed by atoms with E-state index in [2.05, 4.69) is 13.0 Å². The molecule has 0 aliphatic carbocycles. The number of amides is 1. The summed E-state index contributed by atoms with van der Waals surface area (Å²) in [5, 5.41) is 9.33. The standard InChI is InChI=1S/C17H14N2OS/c1-12-11-19(15-7-2-3-8-16(15)21-12)17(20)14-6-4-5-13(9-14)10-18/h2-9,12H,11H2,1H3. The highest BCUT2D eigenvalue weighted by Crippen LogP contribution is 2.38. The van der Waals surface area contributed by atoms with Gasteiger partial charge < -0.3 is 4.90 Å². The van der Waals surface area contributed by atoms with Crippen LogP contribution in [0.2, 0.25) is 0 Å². The number of rotatable bonds is 1. The molecule has 0 saturated carbocycles. The molecule has 0 saturated heterocycles. The molecule has 104 valence electrons. The first kappa shape index (κ1) is 13.7. The zero-order valence-corrected chi connectivity index (χ0v) is 12.4. The average Bonchev–Trinajstić information content (AvgIpc) is 2.53. The van der Waals surface area contributed by atoms with Crippen LogP contribution in [0.25, 0.3) is 0 Å². The minimum Gasteiger partial charge on any atom is -0.306 e. The van der Waals surface area contributed by atoms with E-state index in [0.29, 0.717) is 22.9 Å². The number of carbonyl (C=O) groups is 1. The van der Waals surface area contributed by atoms with Gasteiger partial charge >= 0.3 is 0 Å². The largest absolute Gasteiger partial charge is 0.306 e. The predicted molar refractivity (Wildman–Crippen MR) is 84.6 cm³/mol. The van der Waals surface area contributed by atoms with Crippen LogP contribution in [0.5, 0.6) is 0 Å². The second-order valence-electron chi connectivity index (χ2n) is 5.00. The molecule has 0 aromatic heterocycles. The van der Waals surface area contributed by atoms with Gasteiger partial charge in [-0.3, -0.25) is 4.79 Å². The van der Waals surface area contributed by atoms with Gasteiger partial charge in [0.2, 0.25) is 0 Å². The van der Waals surface area contributed by atoms with Crippen molar-refractivity contribution in [2.45, 2.75) is 17.1 Å². The van der Waals surface area contributed by atoms with Crippen LogP contribution in [-0.2, 0) is 0 Å². The molecule has 0 bridgehead atoms. The van der Waals surface area contributed by atoms with Crippen molar-refractivity contribution in [2.24, 2.45) is 0 Å². The summed E-state index contributed by atoms with van der Waals surface area (Å²) in [4.78, 5) is 15.7. The van der Waals surface area contributed by atoms with Gasteiger partial charge in [0.05, 0.1) is 17.3 Å². The maximum atomic E-state index is 12.8. The molecule has 1 unspecified atom stereocenters. The third-order valence-electron chi connectivity index (χ3n) is 3.41. The summed E-state index contributed by atoms with van der Waals surface area (Å²) in [5.74, 6) is -0.0494. The van der Waals surface area contributed by atoms with Crippen LogP contribution in [0.1, 0.15) is 22.8 Å². The van der Waals surface area contributed by atoms with Crippen LogP contribution < -0.4 is 4.90 Å². The van der Waals surface area contributed by atoms with Gasteiger partial charge in [0.15, 0.2) is 0 Å². The van der Waals surface area contributed by atoms with E-state index in [1.165, 1.54) is 0 Å². The summed E-state index contributed by atoms with van der Waals surface area (Å²) in [5.41, 5.74) is 2.02. The van der Waals surface area contributed by atoms with E-state index in [0.717, 1.165) is 10.6 Å². The van der Waals surface area contributed by atoms with E-state index in [1.807, 2.05) is 29.2 Å². The Hall–Kier alpha value is -2.25. The predicted octanol–water partition coefficient (Wildman–Crippen LogP) is 3.70. The highest BCUT2D eigenvalue weighted by Gasteiger charge is 2.27. The Bertz CT molecular complexity index is 736. The summed E-state index contributed by atoms with van der Waals surface area (Å²) in [6.45, 7) is 2.80. The van der Waals surface area contributed by atoms with Crippen LogP contribution in [0, 0.1) is 11.3 Å². The normalized spacial score (nSPS) is 17.0. The lowest BCUT2D eigenvalue weighted by Gasteiger charge is -2.32. The molecular formula is C17H14N2OS. The number of fused-ring (bicyclic) bond motifs is 1. The summed E-state index contributed by atoms with van der Waals surface area (Å²) < 4.78 is 0. The molecule has 0 fully saturated rings. The first-order valence-electron chi connectivity index (χ1n) is 6.77. The molecule has 21 heavy (non-hydrogen) atoms. The molecule has 3 nitrogen and oxygen atoms in total. The number of para-hydroxylation sites is 1. The number of hydrogen-bond donors (Lipinski definition) is 0. The molecule has 2 aromatic carbocycles. The van der Waals surface area contributed by atoms with Gasteiger partial charge in [-0.2, -0.15) is 5.26 Å². The zero-order chi connectivity index (χ0) is 14.8. The first-order valence-corrected chi connectivity index (χ1v) is 7.64. The van der Waals surface area contributed by atoms with Crippen molar-refractivity contribution in [1.29, 1.82) is 5.26 Å². The number of benzene rings is 2. The summed E-state index contributed by atoms with van der Waals surface area (Å²) in [6.07, 6.45) is 0. The van der Waals surface area contributed by atoms with Crippen molar-refractivity contribution in [2.75, 3.05) is 11.4 Å². The Morgan fingerprint density at radius 3 is 2.90 bits per heavy atom. The fraction of sp³-hybridized carbons (Fsp3) is 0.176. The van der Waals surface area contributed by atoms with E-state index < -0.39 is 0 Å². The van der Waals surface area contributed by atoms with E-state index in [-0.39, 0.29) is 5.91 Å². The molecule has 0 spiro atoms. The molecule has 1 amide bonds. The smallest absolute Gasteiger partial charge is 0.258 e. The fourth-order valence-corrected chi connectivity index (χ4v) is 3.57. The summed E-state index contributed by atoms with van der Waals surface area (Å²) in [6, 6.07) is 16.9. The van der Waals surface area contributed by atoms with E-state index in [4.69, 9.17) is 5.26 Å². The van der Waals surface area contributed by atoms with E-state index in [1.54, 1.807) is 36.0 Å². The van der Waals surface area contributed by atoms with Crippen LogP contribution in [0.4, 0.5) is 5.69 Å². The number of thioether (sulfide) groups is 1. The Morgan fingerprint density at radius 2 is 2.10 bits per heavy atom. The van der Waals surface area contributed by atoms with Crippen molar-refractivity contribution >= 4 is 23.4 Å². The number of carbonyl (C=O) groups excluding carboxylic acids is 1. The highest BCUT2D eigenvalue weighted by atomic mass is 32.2. The minimum atomic E-state index is -0.0494. The minimum absolute atomic E-state index is 0.0494. The number of nitriles is 1. The van der Waals surface area contributed by atoms with Crippen LogP contribution in [0.15, 0.2) is 53.4 Å². The molecule has 4 heteroatoms. The molecule has 1 aliphatic heterocycles. The zero-order valence-electron chi connectivity index (χ0n) is 11.6. The topological polar surface area (TPSA) is 44.1 Å². The van der Waals surface area contributed by atoms with Crippen molar-refractivity contribution in [3.63, 3.8) is 0 Å². The highest BCUT2D eigenvalue weighted by molar-refractivity contribution is 8.00. The molecule has 2 aromatic rings. The van der Waals surface area contributed by atoms with Crippen molar-refractivity contribution < 1.29 is 4.79 Å². The summed E-state index contributed by atoms with van der Waals surface area (Å²) >= 11 is 1.79. The van der Waals surface area contributed by atoms with Gasteiger partial charge in [-0.05, 0) is 30.3 Å². The number of hydrogen-bond acceptors (Lipinski definition) is 3. The number of nitrogens with zero attached hydrogens (tertiary/aromatic N) is 2. The lowest BCUT2D eigenvalue weighted by Crippen LogP contribution is -2.38. The summed E-state index contributed by atoms with van der Waals surface area (Å²) in [7, 11) is 0. The second-order valence-corrected chi connectivity index (χ2v) is 6.48. The fourth-order valence-electron chi connectivity index (χ4n) is 2.46. The van der Waals surface area contributed by atoms with E-state index in [9.17, 15) is 4.79 Å². The maximum Gasteiger partial charge on any atom is 0.258 e. The van der Waals surface area contributed by atoms with Gasteiger partial charge in [0, 0.05) is 22.3 Å². The Balaban J connectivity index is 2.00. The molecule has 1 atom stereocenters. The molecular weight excluding hydrogens is 280 g/mol. The molecule has 0 N–H and O–H groups in total. The third-order valence-corrected chi connectivity index (χ3v) is 4.56. The van der Waals surface area contributed by atoms with Crippen molar-refractivity contribution in [3.05, 3.63) is 59.7 Å². The van der Waals surface area contributed by atoms with Crippen LogP contribution in [-0.4, -0.2) is 17.7 Å². The lowest BCUT2D eigenvalue weighted by atomic mass is 10.1. The quantitative estimate of drug-likeness (QED) is 0.805. The monoisotopic (exact) mass is 294 g/mol. The first-order chi connectivity index (χ1) is 10.2. The third kappa shape index (κ3) is 2.65. The van der Waals surface area contributed by atoms with Gasteiger partial charge in [-0.15, -0.1) is 11.8 Å². The molecule has 0 radical (unpaired) electrons. The Labute approximate surface area is 128 Å². The number of anilines is 1. The lowest BCUT2D eigenvalue weighted by molar-refractivity contribution is 0.0986. The Morgan fingerprint density at radius 1 is 1.29 bits per heavy atom. The van der Waals surface area contributed by atoms with E-state index >= 15 is 0 Å². The maximum absolute atomic E-state index is 12.8. The van der Waals surface area contributed by atoms with Gasteiger partial charge in [0.25, 0.3) is 5.91 Å².